The van der Waals surface area contributed by atoms with Gasteiger partial charge in [0.15, 0.2) is 0 Å². The summed E-state index contributed by atoms with van der Waals surface area (Å²) < 4.78 is 7.29. The van der Waals surface area contributed by atoms with Crippen molar-refractivity contribution >= 4 is 0 Å². The molecule has 0 saturated carbocycles. The fourth-order valence-corrected chi connectivity index (χ4v) is 1.51. The number of nitrogens with two attached hydrogens (primary N) is 1. The molecule has 0 bridgehead atoms. The Labute approximate surface area is 100 Å². The Balaban J connectivity index is 2.16. The number of aryl methyl sites for hydroxylation is 2. The van der Waals surface area contributed by atoms with Crippen LogP contribution in [0.2, 0.25) is 0 Å². The average Bonchev–Trinajstić information content (AvgIpc) is 2.58. The van der Waals surface area contributed by atoms with Crippen molar-refractivity contribution in [2.75, 3.05) is 0 Å². The lowest BCUT2D eigenvalue weighted by molar-refractivity contribution is 0.415. The molecule has 5 heteroatoms. The lowest BCUT2D eigenvalue weighted by Crippen LogP contribution is -2.05. The Morgan fingerprint density at radius 3 is 2.65 bits per heavy atom. The van der Waals surface area contributed by atoms with Crippen LogP contribution in [0.1, 0.15) is 24.2 Å². The Morgan fingerprint density at radius 2 is 2.18 bits per heavy atom. The average molecular weight is 232 g/mol. The van der Waals surface area contributed by atoms with E-state index in [2.05, 4.69) is 10.1 Å². The molecule has 0 saturated heterocycles. The fourth-order valence-electron chi connectivity index (χ4n) is 1.51. The van der Waals surface area contributed by atoms with Gasteiger partial charge >= 0.3 is 0 Å². The van der Waals surface area contributed by atoms with Gasteiger partial charge in [-0.05, 0) is 19.4 Å². The number of nitrogens with zero attached hydrogens (tertiary/aromatic N) is 3. The van der Waals surface area contributed by atoms with Gasteiger partial charge in [-0.1, -0.05) is 6.07 Å². The Kier molecular flexibility index (Phi) is 3.10. The molecule has 17 heavy (non-hydrogen) atoms. The normalized spacial score (nSPS) is 12.5. The van der Waals surface area contributed by atoms with Crippen LogP contribution in [0, 0.1) is 6.92 Å². The van der Waals surface area contributed by atoms with Gasteiger partial charge in [-0.15, -0.1) is 0 Å². The lowest BCUT2D eigenvalue weighted by Gasteiger charge is -2.07. The van der Waals surface area contributed by atoms with Gasteiger partial charge in [-0.25, -0.2) is 9.67 Å². The summed E-state index contributed by atoms with van der Waals surface area (Å²) in [6.07, 6.45) is 1.73. The van der Waals surface area contributed by atoms with Gasteiger partial charge < -0.3 is 10.5 Å². The van der Waals surface area contributed by atoms with Crippen molar-refractivity contribution in [3.05, 3.63) is 35.7 Å². The first-order valence-electron chi connectivity index (χ1n) is 5.46. The van der Waals surface area contributed by atoms with E-state index < -0.39 is 0 Å². The standard InChI is InChI=1S/C12H16N4O/c1-8-6-12(16(3)15-8)17-11-5-4-10(7-14-11)9(2)13/h4-7,9H,13H2,1-3H3. The predicted octanol–water partition coefficient (Wildman–Crippen LogP) is 1.94. The van der Waals surface area contributed by atoms with Crippen LogP contribution in [-0.2, 0) is 7.05 Å². The van der Waals surface area contributed by atoms with Gasteiger partial charge in [0.2, 0.25) is 11.8 Å². The SMILES string of the molecule is Cc1cc(Oc2ccc(C(C)N)cn2)n(C)n1. The van der Waals surface area contributed by atoms with Crippen molar-refractivity contribution in [1.29, 1.82) is 0 Å². The predicted molar refractivity (Wildman–Crippen MR) is 64.9 cm³/mol. The molecule has 1 atom stereocenters. The number of rotatable bonds is 3. The summed E-state index contributed by atoms with van der Waals surface area (Å²) in [5.41, 5.74) is 7.65. The quantitative estimate of drug-likeness (QED) is 0.878. The highest BCUT2D eigenvalue weighted by Gasteiger charge is 2.06. The molecular formula is C12H16N4O. The second kappa shape index (κ2) is 4.55. The third-order valence-corrected chi connectivity index (χ3v) is 2.45. The molecule has 1 unspecified atom stereocenters. The minimum Gasteiger partial charge on any atom is -0.421 e. The van der Waals surface area contributed by atoms with Crippen molar-refractivity contribution in [3.8, 4) is 11.8 Å². The number of ether oxygens (including phenoxy) is 1. The molecule has 90 valence electrons. The summed E-state index contributed by atoms with van der Waals surface area (Å²) in [5, 5.41) is 4.20. The van der Waals surface area contributed by atoms with Crippen LogP contribution in [0.15, 0.2) is 24.4 Å². The smallest absolute Gasteiger partial charge is 0.221 e. The zero-order valence-corrected chi connectivity index (χ0v) is 10.2. The molecule has 5 nitrogen and oxygen atoms in total. The first-order chi connectivity index (χ1) is 8.06. The molecule has 2 rings (SSSR count). The van der Waals surface area contributed by atoms with Crippen molar-refractivity contribution in [2.24, 2.45) is 12.8 Å². The van der Waals surface area contributed by atoms with Crippen LogP contribution in [0.25, 0.3) is 0 Å². The molecule has 0 spiro atoms. The van der Waals surface area contributed by atoms with Gasteiger partial charge in [0.05, 0.1) is 5.69 Å². The molecular weight excluding hydrogens is 216 g/mol. The maximum atomic E-state index is 5.75. The molecule has 2 N–H and O–H groups in total. The lowest BCUT2D eigenvalue weighted by atomic mass is 10.2. The van der Waals surface area contributed by atoms with Gasteiger partial charge in [0, 0.05) is 31.4 Å². The molecule has 0 radical (unpaired) electrons. The monoisotopic (exact) mass is 232 g/mol. The van der Waals surface area contributed by atoms with E-state index in [0.29, 0.717) is 11.8 Å². The van der Waals surface area contributed by atoms with E-state index in [1.807, 2.05) is 33.0 Å². The second-order valence-corrected chi connectivity index (χ2v) is 4.07. The minimum atomic E-state index is -0.0181. The highest BCUT2D eigenvalue weighted by atomic mass is 16.5. The van der Waals surface area contributed by atoms with Crippen molar-refractivity contribution in [3.63, 3.8) is 0 Å². The third kappa shape index (κ3) is 2.62. The van der Waals surface area contributed by atoms with Gasteiger partial charge in [0.1, 0.15) is 0 Å². The summed E-state index contributed by atoms with van der Waals surface area (Å²) in [6.45, 7) is 3.83. The van der Waals surface area contributed by atoms with Crippen LogP contribution >= 0.6 is 0 Å². The Hall–Kier alpha value is -1.88. The largest absolute Gasteiger partial charge is 0.421 e. The molecule has 2 aromatic heterocycles. The fraction of sp³-hybridized carbons (Fsp3) is 0.333. The van der Waals surface area contributed by atoms with E-state index in [-0.39, 0.29) is 6.04 Å². The molecule has 0 aromatic carbocycles. The van der Waals surface area contributed by atoms with Crippen molar-refractivity contribution in [2.45, 2.75) is 19.9 Å². The van der Waals surface area contributed by atoms with Crippen LogP contribution in [-0.4, -0.2) is 14.8 Å². The molecule has 2 heterocycles. The van der Waals surface area contributed by atoms with Crippen molar-refractivity contribution < 1.29 is 4.74 Å². The molecule has 0 fully saturated rings. The zero-order valence-electron chi connectivity index (χ0n) is 10.2. The van der Waals surface area contributed by atoms with Crippen LogP contribution in [0.5, 0.6) is 11.8 Å². The van der Waals surface area contributed by atoms with E-state index in [1.54, 1.807) is 16.9 Å². The minimum absolute atomic E-state index is 0.0181. The van der Waals surface area contributed by atoms with Crippen LogP contribution in [0.4, 0.5) is 0 Å². The summed E-state index contributed by atoms with van der Waals surface area (Å²) >= 11 is 0. The first kappa shape index (κ1) is 11.6. The maximum absolute atomic E-state index is 5.75. The highest BCUT2D eigenvalue weighted by Crippen LogP contribution is 2.20. The van der Waals surface area contributed by atoms with Gasteiger partial charge in [-0.2, -0.15) is 5.10 Å². The summed E-state index contributed by atoms with van der Waals surface area (Å²) in [6, 6.07) is 5.56. The number of hydrogen-bond acceptors (Lipinski definition) is 4. The van der Waals surface area contributed by atoms with Gasteiger partial charge in [-0.3, -0.25) is 0 Å². The second-order valence-electron chi connectivity index (χ2n) is 4.07. The van der Waals surface area contributed by atoms with E-state index in [9.17, 15) is 0 Å². The molecule has 2 aromatic rings. The molecule has 0 aliphatic heterocycles. The van der Waals surface area contributed by atoms with E-state index in [1.165, 1.54) is 0 Å². The number of hydrogen-bond donors (Lipinski definition) is 1. The van der Waals surface area contributed by atoms with Crippen molar-refractivity contribution in [1.82, 2.24) is 14.8 Å². The Morgan fingerprint density at radius 1 is 1.41 bits per heavy atom. The maximum Gasteiger partial charge on any atom is 0.221 e. The molecule has 0 aliphatic rings. The van der Waals surface area contributed by atoms with Crippen LogP contribution < -0.4 is 10.5 Å². The topological polar surface area (TPSA) is 66.0 Å². The molecule has 0 aliphatic carbocycles. The third-order valence-electron chi connectivity index (χ3n) is 2.45. The Bertz CT molecular complexity index is 502. The van der Waals surface area contributed by atoms with E-state index >= 15 is 0 Å². The summed E-state index contributed by atoms with van der Waals surface area (Å²) in [4.78, 5) is 4.20. The number of pyridine rings is 1. The van der Waals surface area contributed by atoms with Crippen LogP contribution in [0.3, 0.4) is 0 Å². The number of aromatic nitrogens is 3. The van der Waals surface area contributed by atoms with E-state index in [0.717, 1.165) is 11.3 Å². The first-order valence-corrected chi connectivity index (χ1v) is 5.46. The van der Waals surface area contributed by atoms with E-state index in [4.69, 9.17) is 10.5 Å². The summed E-state index contributed by atoms with van der Waals surface area (Å²) in [5.74, 6) is 1.21. The zero-order chi connectivity index (χ0) is 12.4. The van der Waals surface area contributed by atoms with Gasteiger partial charge in [0.25, 0.3) is 0 Å². The highest BCUT2D eigenvalue weighted by molar-refractivity contribution is 5.25. The summed E-state index contributed by atoms with van der Waals surface area (Å²) in [7, 11) is 1.83. The molecule has 0 amide bonds.